The number of carbonyl (C=O) groups is 2. The largest absolute Gasteiger partial charge is 0.330 e. The Hall–Kier alpha value is -2.99. The molecule has 1 aliphatic heterocycles. The molecule has 1 unspecified atom stereocenters. The van der Waals surface area contributed by atoms with E-state index in [2.05, 4.69) is 6.07 Å². The number of carbonyl (C=O) groups excluding carboxylic acids is 2. The van der Waals surface area contributed by atoms with Crippen molar-refractivity contribution in [1.82, 2.24) is 9.80 Å². The van der Waals surface area contributed by atoms with Crippen LogP contribution < -0.4 is 0 Å². The molecular weight excluding hydrogens is 423 g/mol. The predicted molar refractivity (Wildman–Crippen MR) is 125 cm³/mol. The van der Waals surface area contributed by atoms with Gasteiger partial charge in [0.15, 0.2) is 0 Å². The van der Waals surface area contributed by atoms with Gasteiger partial charge in [-0.3, -0.25) is 9.59 Å². The van der Waals surface area contributed by atoms with Crippen LogP contribution in [0.1, 0.15) is 51.3 Å². The molecule has 166 valence electrons. The van der Waals surface area contributed by atoms with Crippen LogP contribution in [0.3, 0.4) is 0 Å². The minimum Gasteiger partial charge on any atom is -0.330 e. The summed E-state index contributed by atoms with van der Waals surface area (Å²) in [6.07, 6.45) is 1.55. The lowest BCUT2D eigenvalue weighted by Gasteiger charge is -2.37. The van der Waals surface area contributed by atoms with Crippen LogP contribution in [0.25, 0.3) is 0 Å². The van der Waals surface area contributed by atoms with Crippen molar-refractivity contribution in [3.63, 3.8) is 0 Å². The van der Waals surface area contributed by atoms with Crippen molar-refractivity contribution in [3.05, 3.63) is 92.9 Å². The lowest BCUT2D eigenvalue weighted by molar-refractivity contribution is -0.134. The summed E-state index contributed by atoms with van der Waals surface area (Å²) in [4.78, 5) is 31.4. The molecule has 0 radical (unpaired) electrons. The van der Waals surface area contributed by atoms with Crippen molar-refractivity contribution < 1.29 is 14.0 Å². The van der Waals surface area contributed by atoms with E-state index in [-0.39, 0.29) is 30.2 Å². The summed E-state index contributed by atoms with van der Waals surface area (Å²) in [6.45, 7) is 5.09. The number of hydrogen-bond donors (Lipinski definition) is 0. The van der Waals surface area contributed by atoms with Gasteiger partial charge in [0.25, 0.3) is 5.91 Å². The number of nitrogens with zero attached hydrogens (tertiary/aromatic N) is 2. The van der Waals surface area contributed by atoms with Crippen LogP contribution in [-0.2, 0) is 11.2 Å². The first-order valence-electron chi connectivity index (χ1n) is 10.9. The number of fused-ring (bicyclic) bond motifs is 1. The minimum absolute atomic E-state index is 0.0255. The Kier molecular flexibility index (Phi) is 6.70. The number of rotatable bonds is 6. The van der Waals surface area contributed by atoms with E-state index < -0.39 is 0 Å². The van der Waals surface area contributed by atoms with Crippen molar-refractivity contribution in [2.45, 2.75) is 32.7 Å². The van der Waals surface area contributed by atoms with Crippen LogP contribution in [0.5, 0.6) is 0 Å². The maximum absolute atomic E-state index is 13.6. The topological polar surface area (TPSA) is 40.6 Å². The maximum Gasteiger partial charge on any atom is 0.254 e. The third-order valence-corrected chi connectivity index (χ3v) is 6.87. The molecule has 1 aliphatic rings. The average Bonchev–Trinajstić information content (AvgIpc) is 3.28. The van der Waals surface area contributed by atoms with Crippen molar-refractivity contribution in [2.75, 3.05) is 19.6 Å². The van der Waals surface area contributed by atoms with Gasteiger partial charge in [-0.15, -0.1) is 11.3 Å². The first-order valence-corrected chi connectivity index (χ1v) is 11.8. The number of halogens is 1. The Bertz CT molecular complexity index is 1090. The number of hydrogen-bond acceptors (Lipinski definition) is 3. The van der Waals surface area contributed by atoms with Crippen LogP contribution in [0.2, 0.25) is 0 Å². The molecule has 6 heteroatoms. The van der Waals surface area contributed by atoms with E-state index in [0.29, 0.717) is 18.7 Å². The minimum atomic E-state index is -0.300. The van der Waals surface area contributed by atoms with Gasteiger partial charge in [0.05, 0.1) is 6.04 Å². The monoisotopic (exact) mass is 450 g/mol. The van der Waals surface area contributed by atoms with Crippen LogP contribution in [0.15, 0.2) is 60.0 Å². The van der Waals surface area contributed by atoms with E-state index in [1.807, 2.05) is 48.4 Å². The third kappa shape index (κ3) is 4.60. The summed E-state index contributed by atoms with van der Waals surface area (Å²) in [7, 11) is 0. The number of aryl methyl sites for hydroxylation is 1. The summed E-state index contributed by atoms with van der Waals surface area (Å²) < 4.78 is 13.6. The Morgan fingerprint density at radius 2 is 1.81 bits per heavy atom. The Morgan fingerprint density at radius 3 is 2.50 bits per heavy atom. The highest BCUT2D eigenvalue weighted by Gasteiger charge is 2.34. The molecule has 4 nitrogen and oxygen atoms in total. The zero-order valence-corrected chi connectivity index (χ0v) is 19.2. The number of benzene rings is 2. The van der Waals surface area contributed by atoms with Gasteiger partial charge >= 0.3 is 0 Å². The molecule has 0 bridgehead atoms. The van der Waals surface area contributed by atoms with Gasteiger partial charge in [-0.2, -0.15) is 0 Å². The number of amides is 2. The second-order valence-corrected chi connectivity index (χ2v) is 9.18. The van der Waals surface area contributed by atoms with Crippen molar-refractivity contribution in [3.8, 4) is 0 Å². The van der Waals surface area contributed by atoms with E-state index in [4.69, 9.17) is 0 Å². The summed E-state index contributed by atoms with van der Waals surface area (Å²) in [5.74, 6) is -0.525. The summed E-state index contributed by atoms with van der Waals surface area (Å²) in [5, 5.41) is 2.04. The van der Waals surface area contributed by atoms with Gasteiger partial charge in [-0.25, -0.2) is 4.39 Å². The Balaban J connectivity index is 1.60. The molecule has 4 rings (SSSR count). The van der Waals surface area contributed by atoms with E-state index in [0.717, 1.165) is 29.5 Å². The molecule has 2 amide bonds. The van der Waals surface area contributed by atoms with Crippen molar-refractivity contribution in [2.24, 2.45) is 0 Å². The summed E-state index contributed by atoms with van der Waals surface area (Å²) in [6, 6.07) is 15.6. The summed E-state index contributed by atoms with van der Waals surface area (Å²) >= 11 is 1.69. The molecule has 0 saturated carbocycles. The van der Waals surface area contributed by atoms with Crippen molar-refractivity contribution in [1.29, 1.82) is 0 Å². The number of thiophene rings is 1. The zero-order valence-electron chi connectivity index (χ0n) is 18.4. The second kappa shape index (κ2) is 9.65. The standard InChI is InChI=1S/C26H27FN2O2S/c1-3-14-28(26(31)20-6-4-18(2)5-7-20)17-24(30)29-15-12-23-22(13-16-32-23)25(29)19-8-10-21(27)11-9-19/h4-11,13,16,25H,3,12,14-15,17H2,1-2H3. The van der Waals surface area contributed by atoms with E-state index in [9.17, 15) is 14.0 Å². The highest BCUT2D eigenvalue weighted by atomic mass is 32.1. The molecule has 32 heavy (non-hydrogen) atoms. The molecule has 1 aromatic heterocycles. The van der Waals surface area contributed by atoms with Crippen LogP contribution in [0, 0.1) is 12.7 Å². The van der Waals surface area contributed by atoms with Crippen LogP contribution >= 0.6 is 11.3 Å². The molecule has 0 saturated heterocycles. The van der Waals surface area contributed by atoms with Crippen LogP contribution in [-0.4, -0.2) is 41.2 Å². The smallest absolute Gasteiger partial charge is 0.254 e. The van der Waals surface area contributed by atoms with E-state index >= 15 is 0 Å². The highest BCUT2D eigenvalue weighted by Crippen LogP contribution is 2.38. The molecule has 0 N–H and O–H groups in total. The average molecular weight is 451 g/mol. The molecule has 2 aromatic carbocycles. The molecule has 0 aliphatic carbocycles. The van der Waals surface area contributed by atoms with E-state index in [1.165, 1.54) is 17.0 Å². The fraction of sp³-hybridized carbons (Fsp3) is 0.308. The zero-order chi connectivity index (χ0) is 22.7. The van der Waals surface area contributed by atoms with Gasteiger partial charge in [0.1, 0.15) is 12.4 Å². The summed E-state index contributed by atoms with van der Waals surface area (Å²) in [5.41, 5.74) is 3.64. The lowest BCUT2D eigenvalue weighted by atomic mass is 9.93. The second-order valence-electron chi connectivity index (χ2n) is 8.18. The van der Waals surface area contributed by atoms with Crippen molar-refractivity contribution >= 4 is 23.2 Å². The Labute approximate surface area is 192 Å². The predicted octanol–water partition coefficient (Wildman–Crippen LogP) is 5.22. The van der Waals surface area contributed by atoms with Gasteiger partial charge < -0.3 is 9.80 Å². The van der Waals surface area contributed by atoms with Crippen LogP contribution in [0.4, 0.5) is 4.39 Å². The Morgan fingerprint density at radius 1 is 1.09 bits per heavy atom. The first-order chi connectivity index (χ1) is 15.5. The fourth-order valence-electron chi connectivity index (χ4n) is 4.24. The van der Waals surface area contributed by atoms with E-state index in [1.54, 1.807) is 28.4 Å². The molecule has 0 spiro atoms. The highest BCUT2D eigenvalue weighted by molar-refractivity contribution is 7.10. The molecule has 3 aromatic rings. The molecular formula is C26H27FN2O2S. The van der Waals surface area contributed by atoms with Gasteiger partial charge in [0, 0.05) is 23.5 Å². The quantitative estimate of drug-likeness (QED) is 0.516. The fourth-order valence-corrected chi connectivity index (χ4v) is 5.15. The molecule has 1 atom stereocenters. The normalized spacial score (nSPS) is 15.3. The molecule has 2 heterocycles. The van der Waals surface area contributed by atoms with Gasteiger partial charge in [0.2, 0.25) is 5.91 Å². The third-order valence-electron chi connectivity index (χ3n) is 5.88. The van der Waals surface area contributed by atoms with Gasteiger partial charge in [-0.05, 0) is 66.6 Å². The lowest BCUT2D eigenvalue weighted by Crippen LogP contribution is -2.47. The SMILES string of the molecule is CCCN(CC(=O)N1CCc2sccc2C1c1ccc(F)cc1)C(=O)c1ccc(C)cc1. The van der Waals surface area contributed by atoms with Gasteiger partial charge in [-0.1, -0.05) is 36.8 Å². The maximum atomic E-state index is 13.6. The first kappa shape index (κ1) is 22.2. The molecule has 0 fully saturated rings.